The molecule has 0 N–H and O–H groups in total. The summed E-state index contributed by atoms with van der Waals surface area (Å²) >= 11 is 0. The summed E-state index contributed by atoms with van der Waals surface area (Å²) in [4.78, 5) is 0. The van der Waals surface area contributed by atoms with Gasteiger partial charge >= 0.3 is 0 Å². The second-order valence-electron chi connectivity index (χ2n) is 4.67. The highest BCUT2D eigenvalue weighted by molar-refractivity contribution is 8.02. The van der Waals surface area contributed by atoms with Gasteiger partial charge in [0, 0.05) is 14.1 Å². The van der Waals surface area contributed by atoms with Gasteiger partial charge in [-0.25, -0.2) is 4.67 Å². The number of hydrogen-bond donors (Lipinski definition) is 0. The van der Waals surface area contributed by atoms with Crippen LogP contribution < -0.4 is 5.30 Å². The number of benzene rings is 1. The molecule has 0 aliphatic rings. The van der Waals surface area contributed by atoms with E-state index in [1.54, 1.807) is 5.30 Å². The van der Waals surface area contributed by atoms with Crippen molar-refractivity contribution in [1.29, 1.82) is 0 Å². The Hall–Kier alpha value is -0.325. The van der Waals surface area contributed by atoms with Crippen LogP contribution in [0.4, 0.5) is 0 Å². The Morgan fingerprint density at radius 3 is 1.87 bits per heavy atom. The summed E-state index contributed by atoms with van der Waals surface area (Å²) in [6.45, 7) is 7.21. The second-order valence-corrected chi connectivity index (χ2v) is 7.95. The molecule has 0 aliphatic carbocycles. The molecule has 0 saturated carbocycles. The SMILES string of the molecule is [BH3-][P+](c1ccccc1)(N(C)C)C(C)(C)C. The number of nitrogens with zero attached hydrogens (tertiary/aromatic N) is 1. The van der Waals surface area contributed by atoms with E-state index in [1.807, 2.05) is 0 Å². The van der Waals surface area contributed by atoms with Gasteiger partial charge in [-0.1, -0.05) is 25.5 Å². The molecule has 1 aromatic carbocycles. The maximum Gasteiger partial charge on any atom is 0.151 e. The standard InChI is InChI=1S/C12H23BNP/c1-12(2,3)15(13,14(4)5)11-9-7-6-8-10-11/h6-10H,1-5,13H3. The molecule has 0 aliphatic heterocycles. The van der Waals surface area contributed by atoms with E-state index in [2.05, 4.69) is 69.9 Å². The first-order chi connectivity index (χ1) is 6.80. The average Bonchev–Trinajstić information content (AvgIpc) is 2.16. The number of hydrogen-bond acceptors (Lipinski definition) is 1. The van der Waals surface area contributed by atoms with Crippen LogP contribution in [0.25, 0.3) is 0 Å². The Morgan fingerprint density at radius 2 is 1.53 bits per heavy atom. The topological polar surface area (TPSA) is 3.24 Å². The van der Waals surface area contributed by atoms with Crippen molar-refractivity contribution in [3.05, 3.63) is 30.3 Å². The van der Waals surface area contributed by atoms with Crippen molar-refractivity contribution in [2.45, 2.75) is 25.9 Å². The lowest BCUT2D eigenvalue weighted by Gasteiger charge is -2.45. The summed E-state index contributed by atoms with van der Waals surface area (Å²) in [5.74, 6) is 0. The van der Waals surface area contributed by atoms with Gasteiger partial charge in [-0.2, -0.15) is 0 Å². The lowest BCUT2D eigenvalue weighted by Crippen LogP contribution is -2.37. The van der Waals surface area contributed by atoms with Gasteiger partial charge in [-0.05, 0) is 32.9 Å². The molecule has 1 atom stereocenters. The Labute approximate surface area is 95.6 Å². The maximum absolute atomic E-state index is 2.53. The molecule has 3 heteroatoms. The zero-order valence-electron chi connectivity index (χ0n) is 9.78. The van der Waals surface area contributed by atoms with Crippen LogP contribution in [0.2, 0.25) is 0 Å². The van der Waals surface area contributed by atoms with Crippen molar-refractivity contribution >= 4 is 20.2 Å². The fraction of sp³-hybridized carbons (Fsp3) is 0.500. The molecular weight excluding hydrogens is 200 g/mol. The molecule has 0 fully saturated rings. The summed E-state index contributed by atoms with van der Waals surface area (Å²) in [5.41, 5.74) is 0. The minimum absolute atomic E-state index is 0.290. The van der Waals surface area contributed by atoms with Gasteiger partial charge in [0.1, 0.15) is 0 Å². The smallest absolute Gasteiger partial charge is 0.151 e. The zero-order valence-corrected chi connectivity index (χ0v) is 10.7. The molecule has 15 heavy (non-hydrogen) atoms. The number of rotatable bonds is 2. The average molecular weight is 223 g/mol. The van der Waals surface area contributed by atoms with Gasteiger partial charge in [-0.3, -0.25) is 0 Å². The third kappa shape index (κ3) is 2.27. The van der Waals surface area contributed by atoms with Gasteiger partial charge in [-0.15, -0.1) is 0 Å². The molecule has 1 aromatic rings. The lowest BCUT2D eigenvalue weighted by atomic mass is 10.2. The normalized spacial score (nSPS) is 16.5. The first kappa shape index (κ1) is 12.7. The lowest BCUT2D eigenvalue weighted by molar-refractivity contribution is 0.631. The van der Waals surface area contributed by atoms with Crippen LogP contribution in [0.5, 0.6) is 0 Å². The van der Waals surface area contributed by atoms with Crippen molar-refractivity contribution in [3.63, 3.8) is 0 Å². The van der Waals surface area contributed by atoms with E-state index in [0.717, 1.165) is 0 Å². The second kappa shape index (κ2) is 4.27. The monoisotopic (exact) mass is 223 g/mol. The van der Waals surface area contributed by atoms with Crippen LogP contribution in [0.1, 0.15) is 20.8 Å². The molecule has 0 radical (unpaired) electrons. The Kier molecular flexibility index (Phi) is 3.63. The molecule has 1 nitrogen and oxygen atoms in total. The third-order valence-corrected chi connectivity index (χ3v) is 4.89. The maximum atomic E-state index is 2.53. The molecule has 1 rings (SSSR count). The summed E-state index contributed by atoms with van der Waals surface area (Å²) in [6, 6.07) is 11.1. The van der Waals surface area contributed by atoms with Gasteiger partial charge in [0.05, 0.1) is 10.5 Å². The quantitative estimate of drug-likeness (QED) is 0.546. The molecule has 0 saturated heterocycles. The molecule has 0 amide bonds. The predicted molar refractivity (Wildman–Crippen MR) is 76.4 cm³/mol. The van der Waals surface area contributed by atoms with Gasteiger partial charge in [0.25, 0.3) is 0 Å². The van der Waals surface area contributed by atoms with Crippen molar-refractivity contribution < 1.29 is 0 Å². The molecule has 0 aromatic heterocycles. The Morgan fingerprint density at radius 1 is 1.07 bits per heavy atom. The largest absolute Gasteiger partial charge is 0.225 e. The molecule has 0 heterocycles. The van der Waals surface area contributed by atoms with E-state index in [4.69, 9.17) is 0 Å². The highest BCUT2D eigenvalue weighted by atomic mass is 31.2. The summed E-state index contributed by atoms with van der Waals surface area (Å²) in [7, 11) is 3.82. The van der Waals surface area contributed by atoms with Crippen molar-refractivity contribution in [2.24, 2.45) is 0 Å². The molecule has 0 bridgehead atoms. The van der Waals surface area contributed by atoms with E-state index in [-0.39, 0.29) is 0 Å². The van der Waals surface area contributed by atoms with Crippen LogP contribution in [0, 0.1) is 0 Å². The van der Waals surface area contributed by atoms with Crippen molar-refractivity contribution in [2.75, 3.05) is 14.1 Å². The van der Waals surface area contributed by atoms with E-state index >= 15 is 0 Å². The van der Waals surface area contributed by atoms with Gasteiger partial charge < -0.3 is 0 Å². The van der Waals surface area contributed by atoms with E-state index in [0.29, 0.717) is 12.7 Å². The van der Waals surface area contributed by atoms with Crippen molar-refractivity contribution in [1.82, 2.24) is 4.67 Å². The minimum atomic E-state index is -0.994. The third-order valence-electron chi connectivity index (χ3n) is 2.04. The van der Waals surface area contributed by atoms with Crippen LogP contribution in [0.3, 0.4) is 0 Å². The van der Waals surface area contributed by atoms with Crippen molar-refractivity contribution in [3.8, 4) is 0 Å². The summed E-state index contributed by atoms with van der Waals surface area (Å²) < 4.78 is 2.53. The fourth-order valence-electron chi connectivity index (χ4n) is 1.79. The highest BCUT2D eigenvalue weighted by Gasteiger charge is 2.42. The van der Waals surface area contributed by atoms with Crippen LogP contribution >= 0.6 is 7.29 Å². The highest BCUT2D eigenvalue weighted by Crippen LogP contribution is 2.64. The van der Waals surface area contributed by atoms with E-state index < -0.39 is 7.29 Å². The van der Waals surface area contributed by atoms with Crippen LogP contribution in [-0.2, 0) is 0 Å². The summed E-state index contributed by atoms with van der Waals surface area (Å²) in [6.07, 6.45) is 0. The van der Waals surface area contributed by atoms with E-state index in [9.17, 15) is 0 Å². The molecule has 0 spiro atoms. The predicted octanol–water partition coefficient (Wildman–Crippen LogP) is 1.89. The first-order valence-corrected chi connectivity index (χ1v) is 6.25. The first-order valence-electron chi connectivity index (χ1n) is 4.95. The Bertz CT molecular complexity index is 318. The summed E-state index contributed by atoms with van der Waals surface area (Å²) in [5, 5.41) is 2.03. The minimum Gasteiger partial charge on any atom is -0.225 e. The van der Waals surface area contributed by atoms with Crippen LogP contribution in [-0.4, -0.2) is 31.5 Å². The van der Waals surface area contributed by atoms with Gasteiger partial charge in [0.2, 0.25) is 0 Å². The molecule has 1 unspecified atom stereocenters. The Balaban J connectivity index is 3.26. The van der Waals surface area contributed by atoms with Gasteiger partial charge in [0.15, 0.2) is 7.57 Å². The fourth-order valence-corrected chi connectivity index (χ4v) is 4.68. The molecule has 84 valence electrons. The zero-order chi connectivity index (χ0) is 11.7. The molecular formula is C12H23BNP. The van der Waals surface area contributed by atoms with Crippen LogP contribution in [0.15, 0.2) is 30.3 Å². The van der Waals surface area contributed by atoms with E-state index in [1.165, 1.54) is 0 Å².